The van der Waals surface area contributed by atoms with Crippen molar-refractivity contribution in [3.05, 3.63) is 29.6 Å². The van der Waals surface area contributed by atoms with Crippen LogP contribution in [0.5, 0.6) is 0 Å². The van der Waals surface area contributed by atoms with E-state index in [-0.39, 0.29) is 11.8 Å². The summed E-state index contributed by atoms with van der Waals surface area (Å²) in [6.45, 7) is 0. The van der Waals surface area contributed by atoms with Gasteiger partial charge in [0.1, 0.15) is 5.69 Å². The van der Waals surface area contributed by atoms with Crippen LogP contribution in [0.25, 0.3) is 0 Å². The SMILES string of the molecule is O=C(c1cccnc1C(=O)N1C2CCCCC2C2CCCCC21)N1C2CCCCC2C2CCCCC21. The minimum Gasteiger partial charge on any atom is -0.332 e. The summed E-state index contributed by atoms with van der Waals surface area (Å²) < 4.78 is 0. The van der Waals surface area contributed by atoms with E-state index in [1.165, 1.54) is 77.0 Å². The zero-order chi connectivity index (χ0) is 24.2. The average molecular weight is 490 g/mol. The molecule has 8 atom stereocenters. The quantitative estimate of drug-likeness (QED) is 0.495. The highest BCUT2D eigenvalue weighted by molar-refractivity contribution is 6.06. The van der Waals surface area contributed by atoms with Crippen molar-refractivity contribution >= 4 is 11.8 Å². The highest BCUT2D eigenvalue weighted by Gasteiger charge is 2.54. The van der Waals surface area contributed by atoms with Crippen molar-refractivity contribution in [1.29, 1.82) is 0 Å². The topological polar surface area (TPSA) is 53.5 Å². The Morgan fingerprint density at radius 1 is 0.583 bits per heavy atom. The number of fused-ring (bicyclic) bond motifs is 6. The number of carbonyl (C=O) groups excluding carboxylic acids is 2. The summed E-state index contributed by atoms with van der Waals surface area (Å²) in [5.74, 6) is 2.77. The molecular formula is C31H43N3O2. The van der Waals surface area contributed by atoms with E-state index in [2.05, 4.69) is 14.8 Å². The Bertz CT molecular complexity index is 886. The zero-order valence-electron chi connectivity index (χ0n) is 21.8. The molecule has 0 aromatic carbocycles. The van der Waals surface area contributed by atoms with Gasteiger partial charge < -0.3 is 9.80 Å². The van der Waals surface area contributed by atoms with Crippen LogP contribution in [0.1, 0.15) is 124 Å². The number of amides is 2. The lowest BCUT2D eigenvalue weighted by Gasteiger charge is -2.36. The number of nitrogens with zero attached hydrogens (tertiary/aromatic N) is 3. The number of pyridine rings is 1. The monoisotopic (exact) mass is 489 g/mol. The molecule has 5 nitrogen and oxygen atoms in total. The molecule has 2 amide bonds. The van der Waals surface area contributed by atoms with Gasteiger partial charge in [0, 0.05) is 30.4 Å². The summed E-state index contributed by atoms with van der Waals surface area (Å²) in [5, 5.41) is 0. The molecule has 6 aliphatic rings. The molecule has 36 heavy (non-hydrogen) atoms. The molecule has 0 N–H and O–H groups in total. The van der Waals surface area contributed by atoms with Crippen LogP contribution in [0.3, 0.4) is 0 Å². The molecule has 2 aliphatic heterocycles. The first-order valence-corrected chi connectivity index (χ1v) is 15.3. The van der Waals surface area contributed by atoms with Gasteiger partial charge in [-0.15, -0.1) is 0 Å². The number of hydrogen-bond donors (Lipinski definition) is 0. The Hall–Kier alpha value is -1.91. The van der Waals surface area contributed by atoms with E-state index in [1.54, 1.807) is 6.20 Å². The van der Waals surface area contributed by atoms with E-state index in [0.717, 1.165) is 25.7 Å². The normalized spacial score (nSPS) is 39.7. The van der Waals surface area contributed by atoms with Crippen LogP contribution in [0, 0.1) is 23.7 Å². The molecule has 0 radical (unpaired) electrons. The van der Waals surface area contributed by atoms with Gasteiger partial charge in [0.05, 0.1) is 5.56 Å². The fourth-order valence-electron chi connectivity index (χ4n) is 10.0. The molecule has 5 heteroatoms. The lowest BCUT2D eigenvalue weighted by Crippen LogP contribution is -2.47. The average Bonchev–Trinajstić information content (AvgIpc) is 3.45. The standard InChI is InChI=1S/C31H43N3O2/c35-30(33-25-15-5-1-10-20(25)21-11-2-6-16-26(21)33)24-14-9-19-32-29(24)31(36)34-27-17-7-3-12-22(27)23-13-4-8-18-28(23)34/h9,14,19-23,25-28H,1-8,10-13,15-18H2. The van der Waals surface area contributed by atoms with E-state index < -0.39 is 0 Å². The largest absolute Gasteiger partial charge is 0.332 e. The Kier molecular flexibility index (Phi) is 6.09. The second-order valence-corrected chi connectivity index (χ2v) is 12.9. The third kappa shape index (κ3) is 3.58. The van der Waals surface area contributed by atoms with E-state index in [1.807, 2.05) is 12.1 Å². The minimum atomic E-state index is 0.0461. The predicted octanol–water partition coefficient (Wildman–Crippen LogP) is 6.23. The van der Waals surface area contributed by atoms with Gasteiger partial charge in [-0.05, 0) is 87.2 Å². The van der Waals surface area contributed by atoms with Gasteiger partial charge >= 0.3 is 0 Å². The summed E-state index contributed by atoms with van der Waals surface area (Å²) in [6, 6.07) is 5.19. The van der Waals surface area contributed by atoms with E-state index in [0.29, 0.717) is 59.1 Å². The Morgan fingerprint density at radius 2 is 0.972 bits per heavy atom. The maximum Gasteiger partial charge on any atom is 0.273 e. The van der Waals surface area contributed by atoms with E-state index >= 15 is 0 Å². The second kappa shape index (κ2) is 9.44. The minimum absolute atomic E-state index is 0.0461. The van der Waals surface area contributed by atoms with Gasteiger partial charge in [-0.25, -0.2) is 0 Å². The van der Waals surface area contributed by atoms with Crippen LogP contribution in [-0.2, 0) is 0 Å². The third-order valence-electron chi connectivity index (χ3n) is 11.4. The summed E-state index contributed by atoms with van der Waals surface area (Å²) in [5.41, 5.74) is 1.01. The smallest absolute Gasteiger partial charge is 0.273 e. The fourth-order valence-corrected chi connectivity index (χ4v) is 10.0. The lowest BCUT2D eigenvalue weighted by molar-refractivity contribution is 0.0548. The zero-order valence-corrected chi connectivity index (χ0v) is 21.8. The van der Waals surface area contributed by atoms with Crippen LogP contribution in [0.2, 0.25) is 0 Å². The van der Waals surface area contributed by atoms with Crippen molar-refractivity contribution in [3.63, 3.8) is 0 Å². The molecule has 1 aromatic rings. The van der Waals surface area contributed by atoms with E-state index in [9.17, 15) is 9.59 Å². The van der Waals surface area contributed by atoms with Gasteiger partial charge in [-0.1, -0.05) is 51.4 Å². The van der Waals surface area contributed by atoms with Gasteiger partial charge in [0.25, 0.3) is 11.8 Å². The first-order valence-electron chi connectivity index (χ1n) is 15.3. The van der Waals surface area contributed by atoms with Crippen LogP contribution >= 0.6 is 0 Å². The summed E-state index contributed by atoms with van der Waals surface area (Å²) in [6.07, 6.45) is 21.4. The maximum atomic E-state index is 14.4. The van der Waals surface area contributed by atoms with Crippen molar-refractivity contribution in [2.24, 2.45) is 23.7 Å². The number of carbonyl (C=O) groups is 2. The molecule has 194 valence electrons. The molecule has 7 rings (SSSR count). The third-order valence-corrected chi connectivity index (χ3v) is 11.4. The second-order valence-electron chi connectivity index (χ2n) is 12.9. The van der Waals surface area contributed by atoms with Crippen molar-refractivity contribution in [3.8, 4) is 0 Å². The van der Waals surface area contributed by atoms with Crippen molar-refractivity contribution in [2.75, 3.05) is 0 Å². The molecule has 3 heterocycles. The van der Waals surface area contributed by atoms with Crippen LogP contribution in [-0.4, -0.2) is 50.8 Å². The summed E-state index contributed by atoms with van der Waals surface area (Å²) >= 11 is 0. The molecule has 0 bridgehead atoms. The number of likely N-dealkylation sites (tertiary alicyclic amines) is 2. The van der Waals surface area contributed by atoms with Gasteiger partial charge in [-0.2, -0.15) is 0 Å². The number of hydrogen-bond acceptors (Lipinski definition) is 3. The first kappa shape index (κ1) is 23.2. The predicted molar refractivity (Wildman–Crippen MR) is 140 cm³/mol. The highest BCUT2D eigenvalue weighted by Crippen LogP contribution is 2.51. The van der Waals surface area contributed by atoms with Crippen LogP contribution in [0.15, 0.2) is 18.3 Å². The number of rotatable bonds is 2. The molecule has 0 spiro atoms. The molecule has 4 saturated carbocycles. The van der Waals surface area contributed by atoms with Crippen molar-refractivity contribution in [1.82, 2.24) is 14.8 Å². The van der Waals surface area contributed by atoms with Gasteiger partial charge in [0.15, 0.2) is 0 Å². The molecule has 6 fully saturated rings. The molecule has 8 unspecified atom stereocenters. The highest BCUT2D eigenvalue weighted by atomic mass is 16.2. The van der Waals surface area contributed by atoms with Crippen LogP contribution in [0.4, 0.5) is 0 Å². The van der Waals surface area contributed by atoms with Gasteiger partial charge in [0.2, 0.25) is 0 Å². The van der Waals surface area contributed by atoms with Crippen molar-refractivity contribution in [2.45, 2.75) is 127 Å². The van der Waals surface area contributed by atoms with Crippen LogP contribution < -0.4 is 0 Å². The van der Waals surface area contributed by atoms with Gasteiger partial charge in [-0.3, -0.25) is 14.6 Å². The summed E-state index contributed by atoms with van der Waals surface area (Å²) in [4.78, 5) is 37.9. The Balaban J connectivity index is 1.22. The molecular weight excluding hydrogens is 446 g/mol. The van der Waals surface area contributed by atoms with E-state index in [4.69, 9.17) is 0 Å². The number of aromatic nitrogens is 1. The maximum absolute atomic E-state index is 14.4. The molecule has 1 aromatic heterocycles. The first-order chi connectivity index (χ1) is 17.7. The molecule has 4 aliphatic carbocycles. The Morgan fingerprint density at radius 3 is 1.42 bits per heavy atom. The summed E-state index contributed by atoms with van der Waals surface area (Å²) in [7, 11) is 0. The fraction of sp³-hybridized carbons (Fsp3) is 0.774. The molecule has 2 saturated heterocycles. The Labute approximate surface area is 216 Å². The lowest BCUT2D eigenvalue weighted by atomic mass is 9.73. The van der Waals surface area contributed by atoms with Crippen molar-refractivity contribution < 1.29 is 9.59 Å².